The van der Waals surface area contributed by atoms with E-state index in [0.29, 0.717) is 24.5 Å². The third-order valence-electron chi connectivity index (χ3n) is 3.44. The summed E-state index contributed by atoms with van der Waals surface area (Å²) in [5.74, 6) is 0.177. The van der Waals surface area contributed by atoms with Crippen molar-refractivity contribution in [3.05, 3.63) is 34.9 Å². The molecule has 1 rings (SSSR count). The van der Waals surface area contributed by atoms with Gasteiger partial charge in [0.15, 0.2) is 0 Å². The van der Waals surface area contributed by atoms with Crippen LogP contribution < -0.4 is 0 Å². The van der Waals surface area contributed by atoms with E-state index in [9.17, 15) is 4.79 Å². The van der Waals surface area contributed by atoms with E-state index in [1.54, 1.807) is 0 Å². The topological polar surface area (TPSA) is 40.5 Å². The van der Waals surface area contributed by atoms with E-state index < -0.39 is 0 Å². The van der Waals surface area contributed by atoms with Gasteiger partial charge in [0.1, 0.15) is 0 Å². The summed E-state index contributed by atoms with van der Waals surface area (Å²) in [5, 5.41) is 9.61. The zero-order chi connectivity index (χ0) is 15.1. The Hall–Kier alpha value is -1.06. The van der Waals surface area contributed by atoms with Gasteiger partial charge in [-0.1, -0.05) is 37.6 Å². The van der Waals surface area contributed by atoms with Crippen LogP contribution in [0.4, 0.5) is 0 Å². The smallest absolute Gasteiger partial charge is 0.230 e. The predicted octanol–water partition coefficient (Wildman–Crippen LogP) is 3.31. The van der Waals surface area contributed by atoms with Crippen molar-refractivity contribution < 1.29 is 9.90 Å². The molecule has 3 nitrogen and oxygen atoms in total. The summed E-state index contributed by atoms with van der Waals surface area (Å²) < 4.78 is 0. The van der Waals surface area contributed by atoms with Crippen molar-refractivity contribution in [2.75, 3.05) is 19.7 Å². The molecule has 1 N–H and O–H groups in total. The Kier molecular flexibility index (Phi) is 7.03. The molecule has 0 saturated heterocycles. The lowest BCUT2D eigenvalue weighted by Gasteiger charge is -2.28. The average Bonchev–Trinajstić information content (AvgIpc) is 2.41. The Labute approximate surface area is 126 Å². The van der Waals surface area contributed by atoms with Crippen LogP contribution in [-0.4, -0.2) is 35.6 Å². The molecule has 0 aromatic heterocycles. The van der Waals surface area contributed by atoms with Gasteiger partial charge in [-0.15, -0.1) is 0 Å². The fraction of sp³-hybridized carbons (Fsp3) is 0.562. The van der Waals surface area contributed by atoms with Crippen LogP contribution in [0.2, 0.25) is 5.02 Å². The number of carbonyl (C=O) groups is 1. The molecule has 20 heavy (non-hydrogen) atoms. The molecule has 1 amide bonds. The summed E-state index contributed by atoms with van der Waals surface area (Å²) in [6.45, 7) is 7.44. The van der Waals surface area contributed by atoms with Gasteiger partial charge in [0.25, 0.3) is 0 Å². The maximum Gasteiger partial charge on any atom is 0.230 e. The monoisotopic (exact) mass is 297 g/mol. The standard InChI is InChI=1S/C16H24ClNO2/c1-4-18(10-5-11-19)16(20)15(12(2)3)13-6-8-14(17)9-7-13/h6-9,12,15,19H,4-5,10-11H2,1-3H3. The van der Waals surface area contributed by atoms with Crippen LogP contribution in [0.1, 0.15) is 38.7 Å². The highest BCUT2D eigenvalue weighted by Gasteiger charge is 2.27. The van der Waals surface area contributed by atoms with E-state index in [-0.39, 0.29) is 24.3 Å². The number of hydrogen-bond acceptors (Lipinski definition) is 2. The molecule has 112 valence electrons. The van der Waals surface area contributed by atoms with Crippen molar-refractivity contribution in [1.82, 2.24) is 4.90 Å². The van der Waals surface area contributed by atoms with Gasteiger partial charge in [-0.2, -0.15) is 0 Å². The molecular formula is C16H24ClNO2. The Morgan fingerprint density at radius 1 is 1.30 bits per heavy atom. The third-order valence-corrected chi connectivity index (χ3v) is 3.69. The number of halogens is 1. The van der Waals surface area contributed by atoms with Gasteiger partial charge in [0, 0.05) is 24.7 Å². The highest BCUT2D eigenvalue weighted by Crippen LogP contribution is 2.28. The van der Waals surface area contributed by atoms with E-state index in [1.807, 2.05) is 36.1 Å². The molecule has 0 aliphatic heterocycles. The first kappa shape index (κ1) is 17.0. The first-order valence-electron chi connectivity index (χ1n) is 7.16. The number of likely N-dealkylation sites (N-methyl/N-ethyl adjacent to an activating group) is 1. The molecule has 1 atom stereocenters. The maximum atomic E-state index is 12.7. The zero-order valence-corrected chi connectivity index (χ0v) is 13.2. The summed E-state index contributed by atoms with van der Waals surface area (Å²) in [7, 11) is 0. The molecular weight excluding hydrogens is 274 g/mol. The largest absolute Gasteiger partial charge is 0.396 e. The molecule has 0 heterocycles. The van der Waals surface area contributed by atoms with Gasteiger partial charge in [-0.3, -0.25) is 4.79 Å². The number of rotatable bonds is 7. The number of benzene rings is 1. The van der Waals surface area contributed by atoms with Gasteiger partial charge < -0.3 is 10.0 Å². The summed E-state index contributed by atoms with van der Waals surface area (Å²) in [6.07, 6.45) is 0.616. The summed E-state index contributed by atoms with van der Waals surface area (Å²) >= 11 is 5.91. The SMILES string of the molecule is CCN(CCCO)C(=O)C(c1ccc(Cl)cc1)C(C)C. The summed E-state index contributed by atoms with van der Waals surface area (Å²) in [6, 6.07) is 7.49. The maximum absolute atomic E-state index is 12.7. The van der Waals surface area contributed by atoms with E-state index >= 15 is 0 Å². The second kappa shape index (κ2) is 8.28. The minimum atomic E-state index is -0.161. The number of amides is 1. The second-order valence-electron chi connectivity index (χ2n) is 5.27. The van der Waals surface area contributed by atoms with Gasteiger partial charge in [-0.25, -0.2) is 0 Å². The molecule has 0 saturated carbocycles. The molecule has 0 aliphatic rings. The van der Waals surface area contributed by atoms with Crippen LogP contribution >= 0.6 is 11.6 Å². The Morgan fingerprint density at radius 3 is 2.35 bits per heavy atom. The molecule has 0 fully saturated rings. The van der Waals surface area contributed by atoms with Crippen molar-refractivity contribution in [2.45, 2.75) is 33.1 Å². The number of hydrogen-bond donors (Lipinski definition) is 1. The fourth-order valence-corrected chi connectivity index (χ4v) is 2.49. The van der Waals surface area contributed by atoms with Crippen LogP contribution in [0.5, 0.6) is 0 Å². The molecule has 1 aromatic rings. The zero-order valence-electron chi connectivity index (χ0n) is 12.5. The van der Waals surface area contributed by atoms with E-state index in [0.717, 1.165) is 5.56 Å². The molecule has 0 aliphatic carbocycles. The van der Waals surface area contributed by atoms with Crippen LogP contribution in [-0.2, 0) is 4.79 Å². The average molecular weight is 298 g/mol. The number of aliphatic hydroxyl groups excluding tert-OH is 1. The van der Waals surface area contributed by atoms with Gasteiger partial charge >= 0.3 is 0 Å². The minimum absolute atomic E-state index is 0.108. The van der Waals surface area contributed by atoms with Gasteiger partial charge in [0.2, 0.25) is 5.91 Å². The number of carbonyl (C=O) groups excluding carboxylic acids is 1. The van der Waals surface area contributed by atoms with Gasteiger partial charge in [0.05, 0.1) is 5.92 Å². The van der Waals surface area contributed by atoms with Crippen LogP contribution in [0.3, 0.4) is 0 Å². The Morgan fingerprint density at radius 2 is 1.90 bits per heavy atom. The summed E-state index contributed by atoms with van der Waals surface area (Å²) in [4.78, 5) is 14.5. The van der Waals surface area contributed by atoms with Crippen molar-refractivity contribution in [3.8, 4) is 0 Å². The molecule has 0 bridgehead atoms. The lowest BCUT2D eigenvalue weighted by molar-refractivity contribution is -0.133. The fourth-order valence-electron chi connectivity index (χ4n) is 2.37. The van der Waals surface area contributed by atoms with Crippen LogP contribution in [0.15, 0.2) is 24.3 Å². The predicted molar refractivity (Wildman–Crippen MR) is 83.0 cm³/mol. The Balaban J connectivity index is 2.94. The lowest BCUT2D eigenvalue weighted by atomic mass is 9.87. The van der Waals surface area contributed by atoms with E-state index in [1.165, 1.54) is 0 Å². The first-order chi connectivity index (χ1) is 9.51. The molecule has 4 heteroatoms. The highest BCUT2D eigenvalue weighted by atomic mass is 35.5. The summed E-state index contributed by atoms with van der Waals surface area (Å²) in [5.41, 5.74) is 0.997. The number of nitrogens with zero attached hydrogens (tertiary/aromatic N) is 1. The van der Waals surface area contributed by atoms with Crippen LogP contribution in [0.25, 0.3) is 0 Å². The number of aliphatic hydroxyl groups is 1. The normalized spacial score (nSPS) is 12.5. The second-order valence-corrected chi connectivity index (χ2v) is 5.70. The lowest BCUT2D eigenvalue weighted by Crippen LogP contribution is -2.37. The van der Waals surface area contributed by atoms with E-state index in [4.69, 9.17) is 16.7 Å². The van der Waals surface area contributed by atoms with Crippen LogP contribution in [0, 0.1) is 5.92 Å². The first-order valence-corrected chi connectivity index (χ1v) is 7.54. The molecule has 0 radical (unpaired) electrons. The highest BCUT2D eigenvalue weighted by molar-refractivity contribution is 6.30. The molecule has 1 aromatic carbocycles. The quantitative estimate of drug-likeness (QED) is 0.839. The Bertz CT molecular complexity index is 417. The van der Waals surface area contributed by atoms with Crippen molar-refractivity contribution in [1.29, 1.82) is 0 Å². The van der Waals surface area contributed by atoms with Crippen molar-refractivity contribution in [2.24, 2.45) is 5.92 Å². The van der Waals surface area contributed by atoms with Crippen molar-refractivity contribution in [3.63, 3.8) is 0 Å². The minimum Gasteiger partial charge on any atom is -0.396 e. The van der Waals surface area contributed by atoms with Gasteiger partial charge in [-0.05, 0) is 37.0 Å². The van der Waals surface area contributed by atoms with Crippen molar-refractivity contribution >= 4 is 17.5 Å². The van der Waals surface area contributed by atoms with E-state index in [2.05, 4.69) is 13.8 Å². The molecule has 1 unspecified atom stereocenters. The third kappa shape index (κ3) is 4.50. The molecule has 0 spiro atoms.